The molecule has 152 valence electrons. The van der Waals surface area contributed by atoms with Crippen LogP contribution >= 0.6 is 11.6 Å². The number of rotatable bonds is 5. The van der Waals surface area contributed by atoms with Crippen molar-refractivity contribution >= 4 is 22.7 Å². The molecule has 1 N–H and O–H groups in total. The maximum Gasteiger partial charge on any atom is 0.273 e. The van der Waals surface area contributed by atoms with Crippen molar-refractivity contribution in [2.45, 2.75) is 32.7 Å². The van der Waals surface area contributed by atoms with E-state index in [9.17, 15) is 13.6 Å². The van der Waals surface area contributed by atoms with Gasteiger partial charge >= 0.3 is 0 Å². The van der Waals surface area contributed by atoms with E-state index in [2.05, 4.69) is 10.1 Å². The molecule has 0 radical (unpaired) electrons. The van der Waals surface area contributed by atoms with Gasteiger partial charge in [-0.05, 0) is 31.0 Å². The lowest BCUT2D eigenvalue weighted by atomic mass is 9.70. The van der Waals surface area contributed by atoms with E-state index in [1.54, 1.807) is 17.2 Å². The molecule has 2 aliphatic rings. The van der Waals surface area contributed by atoms with Crippen molar-refractivity contribution in [2.24, 2.45) is 11.3 Å². The van der Waals surface area contributed by atoms with Crippen molar-refractivity contribution in [1.82, 2.24) is 19.7 Å². The number of pyridine rings is 1. The summed E-state index contributed by atoms with van der Waals surface area (Å²) < 4.78 is 28.3. The molecule has 0 aromatic carbocycles. The molecule has 4 rings (SSSR count). The van der Waals surface area contributed by atoms with Crippen LogP contribution in [0.15, 0.2) is 36.8 Å². The Morgan fingerprint density at radius 2 is 2.17 bits per heavy atom. The fourth-order valence-corrected chi connectivity index (χ4v) is 4.17. The van der Waals surface area contributed by atoms with Crippen LogP contribution in [0.4, 0.5) is 8.78 Å². The summed E-state index contributed by atoms with van der Waals surface area (Å²) in [5.41, 5.74) is 0.656. The van der Waals surface area contributed by atoms with Crippen LogP contribution in [0.5, 0.6) is 0 Å². The number of aryl methyl sites for hydroxylation is 1. The lowest BCUT2D eigenvalue weighted by Gasteiger charge is -2.33. The van der Waals surface area contributed by atoms with Gasteiger partial charge in [0, 0.05) is 25.9 Å². The molecule has 1 saturated heterocycles. The number of nitrogens with one attached hydrogen (secondary N) is 1. The highest BCUT2D eigenvalue weighted by molar-refractivity contribution is 6.66. The molecule has 1 aliphatic carbocycles. The molecule has 6 nitrogen and oxygen atoms in total. The van der Waals surface area contributed by atoms with Gasteiger partial charge in [-0.15, -0.1) is 0 Å². The number of likely N-dealkylation sites (tertiary alicyclic amines) is 1. The molecule has 3 unspecified atom stereocenters. The Morgan fingerprint density at radius 1 is 1.45 bits per heavy atom. The number of amides is 1. The highest BCUT2D eigenvalue weighted by atomic mass is 35.5. The summed E-state index contributed by atoms with van der Waals surface area (Å²) in [7, 11) is 0. The fraction of sp³-hybridized carbons (Fsp3) is 0.400. The molecule has 1 amide bonds. The normalized spacial score (nSPS) is 24.4. The molecule has 2 aromatic rings. The van der Waals surface area contributed by atoms with Gasteiger partial charge in [-0.2, -0.15) is 5.10 Å². The molecule has 29 heavy (non-hydrogen) atoms. The topological polar surface area (TPSA) is 74.9 Å². The van der Waals surface area contributed by atoms with E-state index in [4.69, 9.17) is 17.0 Å². The highest BCUT2D eigenvalue weighted by Crippen LogP contribution is 2.50. The molecule has 3 atom stereocenters. The molecule has 2 aromatic heterocycles. The Bertz CT molecular complexity index is 1040. The van der Waals surface area contributed by atoms with Crippen LogP contribution in [-0.2, 0) is 10.7 Å². The van der Waals surface area contributed by atoms with Gasteiger partial charge in [-0.25, -0.2) is 18.4 Å². The predicted octanol–water partition coefficient (Wildman–Crippen LogP) is 3.98. The molecule has 9 heteroatoms. The Balaban J connectivity index is 1.59. The van der Waals surface area contributed by atoms with Gasteiger partial charge in [0.25, 0.3) is 5.92 Å². The average Bonchev–Trinajstić information content (AvgIpc) is 3.17. The number of carbonyl (C=O) groups is 1. The third-order valence-electron chi connectivity index (χ3n) is 5.86. The van der Waals surface area contributed by atoms with Gasteiger partial charge in [0.05, 0.1) is 29.1 Å². The van der Waals surface area contributed by atoms with E-state index in [1.807, 2.05) is 26.0 Å². The third-order valence-corrected chi connectivity index (χ3v) is 6.21. The number of hydrogen-bond donors (Lipinski definition) is 1. The lowest BCUT2D eigenvalue weighted by Crippen LogP contribution is -2.39. The Morgan fingerprint density at radius 3 is 2.66 bits per heavy atom. The molecular weight excluding hydrogens is 400 g/mol. The number of aromatic nitrogens is 3. The smallest absolute Gasteiger partial charge is 0.273 e. The van der Waals surface area contributed by atoms with Gasteiger partial charge in [0.1, 0.15) is 5.17 Å². The van der Waals surface area contributed by atoms with Crippen molar-refractivity contribution in [2.75, 3.05) is 6.54 Å². The summed E-state index contributed by atoms with van der Waals surface area (Å²) in [6.07, 6.45) is 7.63. The summed E-state index contributed by atoms with van der Waals surface area (Å²) in [5.74, 6) is -2.98. The molecule has 0 saturated carbocycles. The molecular formula is C20H20ClF2N5O. The number of nitrogens with zero attached hydrogens (tertiary/aromatic N) is 4. The van der Waals surface area contributed by atoms with Crippen molar-refractivity contribution in [3.05, 3.63) is 53.5 Å². The molecule has 0 bridgehead atoms. The number of halogens is 3. The number of alkyl halides is 2. The van der Waals surface area contributed by atoms with Gasteiger partial charge < -0.3 is 4.90 Å². The maximum absolute atomic E-state index is 13.5. The average molecular weight is 420 g/mol. The SMILES string of the molecule is Cc1cc(C(C)N2CC3(C(=N)Cl)C=CC3C2=O)cnc1-n1cc(C(C)(F)F)cn1. The predicted molar refractivity (Wildman–Crippen MR) is 104 cm³/mol. The first-order valence-electron chi connectivity index (χ1n) is 9.19. The van der Waals surface area contributed by atoms with Crippen LogP contribution in [0.25, 0.3) is 5.82 Å². The Kier molecular flexibility index (Phi) is 4.38. The van der Waals surface area contributed by atoms with Crippen LogP contribution in [0.3, 0.4) is 0 Å². The minimum absolute atomic E-state index is 0.0279. The quantitative estimate of drug-likeness (QED) is 0.588. The monoisotopic (exact) mass is 419 g/mol. The van der Waals surface area contributed by atoms with Crippen molar-refractivity contribution in [1.29, 1.82) is 5.41 Å². The van der Waals surface area contributed by atoms with E-state index in [0.717, 1.165) is 24.2 Å². The summed E-state index contributed by atoms with van der Waals surface area (Å²) in [6.45, 7) is 4.89. The van der Waals surface area contributed by atoms with Gasteiger partial charge in [-0.1, -0.05) is 23.8 Å². The second kappa shape index (κ2) is 6.45. The second-order valence-electron chi connectivity index (χ2n) is 7.80. The number of hydrogen-bond acceptors (Lipinski definition) is 4. The number of carbonyl (C=O) groups excluding carboxylic acids is 1. The van der Waals surface area contributed by atoms with Crippen molar-refractivity contribution in [3.8, 4) is 5.82 Å². The molecule has 3 heterocycles. The highest BCUT2D eigenvalue weighted by Gasteiger charge is 2.57. The number of fused-ring (bicyclic) bond motifs is 1. The largest absolute Gasteiger partial charge is 0.334 e. The third kappa shape index (κ3) is 2.97. The Hall–Kier alpha value is -2.61. The minimum Gasteiger partial charge on any atom is -0.334 e. The summed E-state index contributed by atoms with van der Waals surface area (Å²) in [5, 5.41) is 11.8. The van der Waals surface area contributed by atoms with E-state index in [0.29, 0.717) is 12.4 Å². The first-order valence-corrected chi connectivity index (χ1v) is 9.56. The van der Waals surface area contributed by atoms with E-state index < -0.39 is 11.3 Å². The van der Waals surface area contributed by atoms with Gasteiger partial charge in [0.15, 0.2) is 5.82 Å². The fourth-order valence-electron chi connectivity index (χ4n) is 3.93. The zero-order valence-electron chi connectivity index (χ0n) is 16.2. The van der Waals surface area contributed by atoms with Crippen LogP contribution < -0.4 is 0 Å². The minimum atomic E-state index is -2.98. The van der Waals surface area contributed by atoms with E-state index in [-0.39, 0.29) is 28.6 Å². The molecule has 1 aliphatic heterocycles. The zero-order valence-corrected chi connectivity index (χ0v) is 16.9. The van der Waals surface area contributed by atoms with Gasteiger partial charge in [0.2, 0.25) is 5.91 Å². The van der Waals surface area contributed by atoms with E-state index >= 15 is 0 Å². The standard InChI is InChI=1S/C20H20ClF2N5O/c1-11-6-13(7-25-16(11)28-9-14(8-26-28)19(3,22)23)12(2)27-10-20(18(21)24)5-4-15(20)17(27)29/h4-9,12,15,24H,10H2,1-3H3. The first kappa shape index (κ1) is 19.7. The lowest BCUT2D eigenvalue weighted by molar-refractivity contribution is -0.131. The summed E-state index contributed by atoms with van der Waals surface area (Å²) in [4.78, 5) is 18.9. The van der Waals surface area contributed by atoms with E-state index in [1.165, 1.54) is 10.9 Å². The van der Waals surface area contributed by atoms with Crippen molar-refractivity contribution in [3.63, 3.8) is 0 Å². The summed E-state index contributed by atoms with van der Waals surface area (Å²) >= 11 is 5.98. The Labute approximate surface area is 171 Å². The first-order chi connectivity index (χ1) is 13.5. The molecule has 1 fully saturated rings. The molecule has 0 spiro atoms. The van der Waals surface area contributed by atoms with Crippen LogP contribution in [0.1, 0.15) is 36.6 Å². The van der Waals surface area contributed by atoms with Crippen LogP contribution in [0, 0.1) is 23.7 Å². The maximum atomic E-state index is 13.5. The van der Waals surface area contributed by atoms with Gasteiger partial charge in [-0.3, -0.25) is 10.2 Å². The second-order valence-corrected chi connectivity index (χ2v) is 8.18. The van der Waals surface area contributed by atoms with Crippen LogP contribution in [-0.4, -0.2) is 37.3 Å². The summed E-state index contributed by atoms with van der Waals surface area (Å²) in [6, 6.07) is 1.61. The zero-order chi connectivity index (χ0) is 21.1. The van der Waals surface area contributed by atoms with Crippen molar-refractivity contribution < 1.29 is 13.6 Å². The van der Waals surface area contributed by atoms with Crippen LogP contribution in [0.2, 0.25) is 0 Å².